The monoisotopic (exact) mass is 424 g/mol. The minimum Gasteiger partial charge on any atom is -0.481 e. The van der Waals surface area contributed by atoms with Gasteiger partial charge in [0, 0.05) is 6.42 Å². The highest BCUT2D eigenvalue weighted by molar-refractivity contribution is 5.93. The summed E-state index contributed by atoms with van der Waals surface area (Å²) in [4.78, 5) is 57.7. The highest BCUT2D eigenvalue weighted by atomic mass is 16.4. The van der Waals surface area contributed by atoms with E-state index in [4.69, 9.17) is 10.8 Å². The van der Waals surface area contributed by atoms with Crippen molar-refractivity contribution in [1.29, 1.82) is 0 Å². The fourth-order valence-electron chi connectivity index (χ4n) is 2.34. The lowest BCUT2D eigenvalue weighted by molar-refractivity contribution is -0.142. The zero-order valence-corrected chi connectivity index (χ0v) is 15.9. The molecule has 1 aromatic carbocycles. The maximum Gasteiger partial charge on any atom is 0.326 e. The Balaban J connectivity index is 2.59. The Morgan fingerprint density at radius 3 is 2.10 bits per heavy atom. The van der Waals surface area contributed by atoms with Gasteiger partial charge in [0.25, 0.3) is 0 Å². The van der Waals surface area contributed by atoms with Crippen molar-refractivity contribution in [3.63, 3.8) is 0 Å². The van der Waals surface area contributed by atoms with E-state index in [1.165, 1.54) is 0 Å². The van der Waals surface area contributed by atoms with Gasteiger partial charge in [-0.3, -0.25) is 19.2 Å². The summed E-state index contributed by atoms with van der Waals surface area (Å²) in [5.41, 5.74) is 6.00. The first-order valence-electron chi connectivity index (χ1n) is 8.86. The molecule has 0 saturated carbocycles. The van der Waals surface area contributed by atoms with E-state index < -0.39 is 67.4 Å². The number of hydrogen-bond acceptors (Lipinski definition) is 7. The summed E-state index contributed by atoms with van der Waals surface area (Å²) in [6, 6.07) is 4.44. The molecule has 0 spiro atoms. The van der Waals surface area contributed by atoms with Gasteiger partial charge in [-0.2, -0.15) is 0 Å². The second-order valence-electron chi connectivity index (χ2n) is 6.31. The average molecular weight is 424 g/mol. The molecule has 8 N–H and O–H groups in total. The molecule has 12 nitrogen and oxygen atoms in total. The first kappa shape index (κ1) is 24.5. The maximum absolute atomic E-state index is 12.3. The summed E-state index contributed by atoms with van der Waals surface area (Å²) in [7, 11) is 0. The van der Waals surface area contributed by atoms with E-state index in [0.29, 0.717) is 5.56 Å². The molecule has 1 rings (SSSR count). The van der Waals surface area contributed by atoms with Gasteiger partial charge in [0.1, 0.15) is 12.1 Å². The number of carboxylic acid groups (broad SMARTS) is 2. The predicted octanol–water partition coefficient (Wildman–Crippen LogP) is -2.81. The van der Waals surface area contributed by atoms with Gasteiger partial charge in [-0.1, -0.05) is 30.3 Å². The van der Waals surface area contributed by atoms with Crippen LogP contribution < -0.4 is 21.7 Å². The van der Waals surface area contributed by atoms with Crippen LogP contribution in [0, 0.1) is 0 Å². The van der Waals surface area contributed by atoms with E-state index >= 15 is 0 Å². The zero-order chi connectivity index (χ0) is 22.7. The standard InChI is InChI=1S/C18H24N4O8/c19-11(7-15(25)26)16(27)20-8-14(24)21-13(9-23)17(28)22-12(18(29)30)6-10-4-2-1-3-5-10/h1-5,11-13,23H,6-9,19H2,(H,20,27)(H,21,24)(H,22,28)(H,25,26)(H,29,30). The van der Waals surface area contributed by atoms with E-state index in [1.54, 1.807) is 30.3 Å². The van der Waals surface area contributed by atoms with Crippen LogP contribution >= 0.6 is 0 Å². The molecule has 3 atom stereocenters. The summed E-state index contributed by atoms with van der Waals surface area (Å²) in [5.74, 6) is -5.26. The lowest BCUT2D eigenvalue weighted by Gasteiger charge is -2.20. The van der Waals surface area contributed by atoms with Crippen LogP contribution in [0.1, 0.15) is 12.0 Å². The minimum absolute atomic E-state index is 0.00840. The number of benzene rings is 1. The normalized spacial score (nSPS) is 13.4. The molecule has 0 radical (unpaired) electrons. The van der Waals surface area contributed by atoms with Crippen LogP contribution in [0.3, 0.4) is 0 Å². The molecule has 1 aromatic rings. The molecule has 12 heteroatoms. The van der Waals surface area contributed by atoms with E-state index in [2.05, 4.69) is 16.0 Å². The number of carbonyl (C=O) groups is 5. The van der Waals surface area contributed by atoms with Crippen molar-refractivity contribution >= 4 is 29.7 Å². The summed E-state index contributed by atoms with van der Waals surface area (Å²) in [5, 5.41) is 33.7. The molecular weight excluding hydrogens is 400 g/mol. The molecule has 30 heavy (non-hydrogen) atoms. The van der Waals surface area contributed by atoms with Crippen LogP contribution in [0.5, 0.6) is 0 Å². The van der Waals surface area contributed by atoms with Gasteiger partial charge < -0.3 is 37.0 Å². The van der Waals surface area contributed by atoms with Crippen molar-refractivity contribution < 1.29 is 39.3 Å². The van der Waals surface area contributed by atoms with Crippen LogP contribution in [-0.4, -0.2) is 76.3 Å². The third-order valence-corrected chi connectivity index (χ3v) is 3.89. The minimum atomic E-state index is -1.46. The van der Waals surface area contributed by atoms with Gasteiger partial charge in [0.2, 0.25) is 17.7 Å². The molecular formula is C18H24N4O8. The van der Waals surface area contributed by atoms with E-state index in [1.807, 2.05) is 0 Å². The number of nitrogens with two attached hydrogens (primary N) is 1. The zero-order valence-electron chi connectivity index (χ0n) is 15.9. The smallest absolute Gasteiger partial charge is 0.326 e. The lowest BCUT2D eigenvalue weighted by atomic mass is 10.1. The Morgan fingerprint density at radius 2 is 1.57 bits per heavy atom. The second kappa shape index (κ2) is 12.1. The van der Waals surface area contributed by atoms with Crippen LogP contribution in [0.15, 0.2) is 30.3 Å². The Morgan fingerprint density at radius 1 is 0.933 bits per heavy atom. The van der Waals surface area contributed by atoms with Crippen LogP contribution in [0.4, 0.5) is 0 Å². The third-order valence-electron chi connectivity index (χ3n) is 3.89. The Bertz CT molecular complexity index is 771. The molecule has 0 saturated heterocycles. The molecule has 0 aliphatic heterocycles. The molecule has 0 aliphatic carbocycles. The van der Waals surface area contributed by atoms with Crippen LogP contribution in [0.2, 0.25) is 0 Å². The summed E-state index contributed by atoms with van der Waals surface area (Å²) in [6.45, 7) is -1.44. The third kappa shape index (κ3) is 8.67. The first-order chi connectivity index (χ1) is 14.1. The molecule has 0 fully saturated rings. The number of rotatable bonds is 12. The van der Waals surface area contributed by atoms with Crippen LogP contribution in [0.25, 0.3) is 0 Å². The molecule has 164 valence electrons. The summed E-state index contributed by atoms with van der Waals surface area (Å²) < 4.78 is 0. The number of carbonyl (C=O) groups excluding carboxylic acids is 3. The average Bonchev–Trinajstić information content (AvgIpc) is 2.69. The topological polar surface area (TPSA) is 208 Å². The molecule has 3 unspecified atom stereocenters. The van der Waals surface area contributed by atoms with Crippen molar-refractivity contribution in [3.05, 3.63) is 35.9 Å². The lowest BCUT2D eigenvalue weighted by Crippen LogP contribution is -2.55. The molecule has 0 heterocycles. The number of aliphatic hydroxyl groups is 1. The van der Waals surface area contributed by atoms with E-state index in [0.717, 1.165) is 0 Å². The Labute approximate surface area is 171 Å². The van der Waals surface area contributed by atoms with Gasteiger partial charge in [0.05, 0.1) is 25.6 Å². The van der Waals surface area contributed by atoms with Crippen molar-refractivity contribution in [1.82, 2.24) is 16.0 Å². The number of aliphatic hydroxyl groups excluding tert-OH is 1. The van der Waals surface area contributed by atoms with Gasteiger partial charge in [0.15, 0.2) is 0 Å². The van der Waals surface area contributed by atoms with Gasteiger partial charge >= 0.3 is 11.9 Å². The maximum atomic E-state index is 12.3. The van der Waals surface area contributed by atoms with Gasteiger partial charge in [-0.25, -0.2) is 4.79 Å². The highest BCUT2D eigenvalue weighted by Gasteiger charge is 2.26. The van der Waals surface area contributed by atoms with Crippen molar-refractivity contribution in [2.75, 3.05) is 13.2 Å². The summed E-state index contributed by atoms with van der Waals surface area (Å²) in [6.07, 6.45) is -0.640. The number of amides is 3. The highest BCUT2D eigenvalue weighted by Crippen LogP contribution is 2.04. The number of carboxylic acids is 2. The first-order valence-corrected chi connectivity index (χ1v) is 8.86. The SMILES string of the molecule is NC(CC(=O)O)C(=O)NCC(=O)NC(CO)C(=O)NC(Cc1ccccc1)C(=O)O. The van der Waals surface area contributed by atoms with Crippen molar-refractivity contribution in [3.8, 4) is 0 Å². The van der Waals surface area contributed by atoms with Crippen LogP contribution in [-0.2, 0) is 30.4 Å². The second-order valence-corrected chi connectivity index (χ2v) is 6.31. The fourth-order valence-corrected chi connectivity index (χ4v) is 2.34. The molecule has 0 aliphatic rings. The van der Waals surface area contributed by atoms with E-state index in [-0.39, 0.29) is 6.42 Å². The van der Waals surface area contributed by atoms with Crippen molar-refractivity contribution in [2.45, 2.75) is 31.0 Å². The van der Waals surface area contributed by atoms with E-state index in [9.17, 15) is 34.2 Å². The predicted molar refractivity (Wildman–Crippen MR) is 102 cm³/mol. The Hall–Kier alpha value is -3.51. The van der Waals surface area contributed by atoms with Gasteiger partial charge in [-0.05, 0) is 5.56 Å². The summed E-state index contributed by atoms with van der Waals surface area (Å²) >= 11 is 0. The number of hydrogen-bond donors (Lipinski definition) is 7. The van der Waals surface area contributed by atoms with Gasteiger partial charge in [-0.15, -0.1) is 0 Å². The molecule has 0 aromatic heterocycles. The fraction of sp³-hybridized carbons (Fsp3) is 0.389. The quantitative estimate of drug-likeness (QED) is 0.184. The van der Waals surface area contributed by atoms with Crippen molar-refractivity contribution in [2.24, 2.45) is 5.73 Å². The Kier molecular flexibility index (Phi) is 9.92. The molecule has 3 amide bonds. The number of aliphatic carboxylic acids is 2. The molecule has 0 bridgehead atoms. The largest absolute Gasteiger partial charge is 0.481 e. The number of nitrogens with one attached hydrogen (secondary N) is 3.